The number of benzene rings is 2. The first kappa shape index (κ1) is 27.6. The first-order valence-electron chi connectivity index (χ1n) is 12.8. The number of piperazine rings is 1. The van der Waals surface area contributed by atoms with Gasteiger partial charge in [-0.2, -0.15) is 0 Å². The van der Waals surface area contributed by atoms with Crippen molar-refractivity contribution < 1.29 is 4.79 Å². The van der Waals surface area contributed by atoms with Gasteiger partial charge >= 0.3 is 0 Å². The van der Waals surface area contributed by atoms with Gasteiger partial charge in [0.2, 0.25) is 0 Å². The Labute approximate surface area is 233 Å². The number of unbranched alkanes of at least 4 members (excludes halogenated alkanes) is 3. The standard InChI is InChI=1S/C28H33Cl2N5OS/c1-2-3-4-5-13-31-27(36)22-11-9-21(10-12-22)20-37-28-32-25(30)19-26(33-28)35-16-14-34(15-17-35)24-8-6-7-23(29)18-24/h6-12,18-19H,2-5,13-17,20H2,1H3,(H,31,36). The maximum absolute atomic E-state index is 12.3. The van der Waals surface area contributed by atoms with E-state index in [2.05, 4.69) is 33.1 Å². The van der Waals surface area contributed by atoms with Crippen LogP contribution in [0, 0.1) is 0 Å². The highest BCUT2D eigenvalue weighted by Gasteiger charge is 2.20. The topological polar surface area (TPSA) is 61.4 Å². The van der Waals surface area contributed by atoms with Gasteiger partial charge in [-0.3, -0.25) is 4.79 Å². The summed E-state index contributed by atoms with van der Waals surface area (Å²) in [6.45, 7) is 6.34. The van der Waals surface area contributed by atoms with Gasteiger partial charge in [-0.25, -0.2) is 9.97 Å². The van der Waals surface area contributed by atoms with E-state index in [0.29, 0.717) is 21.6 Å². The zero-order valence-electron chi connectivity index (χ0n) is 21.1. The molecule has 196 valence electrons. The van der Waals surface area contributed by atoms with Crippen LogP contribution in [0.3, 0.4) is 0 Å². The highest BCUT2D eigenvalue weighted by Crippen LogP contribution is 2.27. The van der Waals surface area contributed by atoms with Gasteiger partial charge in [-0.05, 0) is 42.3 Å². The maximum Gasteiger partial charge on any atom is 0.251 e. The number of thioether (sulfide) groups is 1. The van der Waals surface area contributed by atoms with Crippen LogP contribution >= 0.6 is 35.0 Å². The fourth-order valence-corrected chi connectivity index (χ4v) is 5.46. The number of hydrogen-bond donors (Lipinski definition) is 1. The van der Waals surface area contributed by atoms with E-state index in [-0.39, 0.29) is 5.91 Å². The smallest absolute Gasteiger partial charge is 0.251 e. The fraction of sp³-hybridized carbons (Fsp3) is 0.393. The molecular formula is C28H33Cl2N5OS. The lowest BCUT2D eigenvalue weighted by Gasteiger charge is -2.36. The van der Waals surface area contributed by atoms with E-state index >= 15 is 0 Å². The van der Waals surface area contributed by atoms with Gasteiger partial charge in [0, 0.05) is 60.8 Å². The monoisotopic (exact) mass is 557 g/mol. The van der Waals surface area contributed by atoms with E-state index in [1.807, 2.05) is 48.5 Å². The molecule has 1 aliphatic heterocycles. The van der Waals surface area contributed by atoms with Gasteiger partial charge < -0.3 is 15.1 Å². The number of anilines is 2. The Morgan fingerprint density at radius 2 is 1.70 bits per heavy atom. The van der Waals surface area contributed by atoms with E-state index < -0.39 is 0 Å². The molecule has 0 atom stereocenters. The average Bonchev–Trinajstić information content (AvgIpc) is 2.92. The molecule has 2 aromatic carbocycles. The van der Waals surface area contributed by atoms with Crippen molar-refractivity contribution in [1.29, 1.82) is 0 Å². The summed E-state index contributed by atoms with van der Waals surface area (Å²) in [5, 5.41) is 4.84. The number of rotatable bonds is 11. The molecule has 1 N–H and O–H groups in total. The number of carbonyl (C=O) groups excluding carboxylic acids is 1. The number of nitrogens with zero attached hydrogens (tertiary/aromatic N) is 4. The second-order valence-corrected chi connectivity index (χ2v) is 10.9. The molecule has 1 aliphatic rings. The lowest BCUT2D eigenvalue weighted by Crippen LogP contribution is -2.46. The first-order chi connectivity index (χ1) is 18.0. The third kappa shape index (κ3) is 8.25. The minimum atomic E-state index is -0.0195. The van der Waals surface area contributed by atoms with Gasteiger partial charge in [0.15, 0.2) is 5.16 Å². The second-order valence-electron chi connectivity index (χ2n) is 9.09. The highest BCUT2D eigenvalue weighted by atomic mass is 35.5. The summed E-state index contributed by atoms with van der Waals surface area (Å²) in [6, 6.07) is 17.5. The van der Waals surface area contributed by atoms with E-state index in [0.717, 1.165) is 67.7 Å². The summed E-state index contributed by atoms with van der Waals surface area (Å²) in [5.41, 5.74) is 2.92. The number of amides is 1. The molecule has 6 nitrogen and oxygen atoms in total. The van der Waals surface area contributed by atoms with Crippen molar-refractivity contribution in [2.45, 2.75) is 43.5 Å². The molecule has 0 spiro atoms. The van der Waals surface area contributed by atoms with Gasteiger partial charge in [-0.1, -0.05) is 79.3 Å². The third-order valence-corrected chi connectivity index (χ3v) is 7.68. The van der Waals surface area contributed by atoms with Crippen molar-refractivity contribution in [3.8, 4) is 0 Å². The molecule has 37 heavy (non-hydrogen) atoms. The van der Waals surface area contributed by atoms with Crippen molar-refractivity contribution in [3.63, 3.8) is 0 Å². The lowest BCUT2D eigenvalue weighted by molar-refractivity contribution is 0.0953. The van der Waals surface area contributed by atoms with Gasteiger partial charge in [0.1, 0.15) is 11.0 Å². The van der Waals surface area contributed by atoms with E-state index in [9.17, 15) is 4.79 Å². The first-order valence-corrected chi connectivity index (χ1v) is 14.6. The van der Waals surface area contributed by atoms with Crippen LogP contribution < -0.4 is 15.1 Å². The third-order valence-electron chi connectivity index (χ3n) is 6.34. The molecule has 0 bridgehead atoms. The van der Waals surface area contributed by atoms with Crippen molar-refractivity contribution in [1.82, 2.24) is 15.3 Å². The molecule has 1 aromatic heterocycles. The number of halogens is 2. The minimum absolute atomic E-state index is 0.0195. The molecule has 0 saturated carbocycles. The Hall–Kier alpha value is -2.48. The minimum Gasteiger partial charge on any atom is -0.368 e. The number of aromatic nitrogens is 2. The largest absolute Gasteiger partial charge is 0.368 e. The molecule has 2 heterocycles. The molecular weight excluding hydrogens is 525 g/mol. The summed E-state index contributed by atoms with van der Waals surface area (Å²) in [7, 11) is 0. The summed E-state index contributed by atoms with van der Waals surface area (Å²) >= 11 is 14.1. The Balaban J connectivity index is 1.29. The average molecular weight is 559 g/mol. The van der Waals surface area contributed by atoms with Crippen LogP contribution in [0.1, 0.15) is 48.5 Å². The van der Waals surface area contributed by atoms with Crippen LogP contribution in [0.15, 0.2) is 59.8 Å². The molecule has 1 amide bonds. The Kier molecular flexibility index (Phi) is 10.3. The van der Waals surface area contributed by atoms with Crippen LogP contribution in [0.4, 0.5) is 11.5 Å². The van der Waals surface area contributed by atoms with Crippen LogP contribution in [0.2, 0.25) is 10.2 Å². The fourth-order valence-electron chi connectivity index (χ4n) is 4.23. The quantitative estimate of drug-likeness (QED) is 0.122. The predicted molar refractivity (Wildman–Crippen MR) is 155 cm³/mol. The number of hydrogen-bond acceptors (Lipinski definition) is 6. The van der Waals surface area contributed by atoms with Crippen LogP contribution in [-0.4, -0.2) is 48.6 Å². The van der Waals surface area contributed by atoms with Crippen molar-refractivity contribution in [3.05, 3.63) is 75.9 Å². The number of nitrogens with one attached hydrogen (secondary N) is 1. The van der Waals surface area contributed by atoms with Gasteiger partial charge in [0.25, 0.3) is 5.91 Å². The van der Waals surface area contributed by atoms with Crippen LogP contribution in [0.25, 0.3) is 0 Å². The van der Waals surface area contributed by atoms with Crippen molar-refractivity contribution in [2.75, 3.05) is 42.5 Å². The normalized spacial score (nSPS) is 13.6. The summed E-state index contributed by atoms with van der Waals surface area (Å²) < 4.78 is 0. The van der Waals surface area contributed by atoms with E-state index in [4.69, 9.17) is 28.2 Å². The van der Waals surface area contributed by atoms with Crippen LogP contribution in [0.5, 0.6) is 0 Å². The summed E-state index contributed by atoms with van der Waals surface area (Å²) in [6.07, 6.45) is 4.57. The van der Waals surface area contributed by atoms with E-state index in [1.165, 1.54) is 12.8 Å². The molecule has 0 aliphatic carbocycles. The SMILES string of the molecule is CCCCCCNC(=O)c1ccc(CSc2nc(Cl)cc(N3CCN(c4cccc(Cl)c4)CC3)n2)cc1. The molecule has 9 heteroatoms. The van der Waals surface area contributed by atoms with Gasteiger partial charge in [-0.15, -0.1) is 0 Å². The predicted octanol–water partition coefficient (Wildman–Crippen LogP) is 6.71. The molecule has 0 radical (unpaired) electrons. The Morgan fingerprint density at radius 3 is 2.43 bits per heavy atom. The molecule has 4 rings (SSSR count). The lowest BCUT2D eigenvalue weighted by atomic mass is 10.1. The Morgan fingerprint density at radius 1 is 0.946 bits per heavy atom. The number of carbonyl (C=O) groups is 1. The maximum atomic E-state index is 12.3. The molecule has 3 aromatic rings. The molecule has 1 fully saturated rings. The zero-order chi connectivity index (χ0) is 26.0. The van der Waals surface area contributed by atoms with Crippen LogP contribution in [-0.2, 0) is 5.75 Å². The molecule has 1 saturated heterocycles. The van der Waals surface area contributed by atoms with Gasteiger partial charge in [0.05, 0.1) is 0 Å². The highest BCUT2D eigenvalue weighted by molar-refractivity contribution is 7.98. The van der Waals surface area contributed by atoms with Crippen molar-refractivity contribution in [2.24, 2.45) is 0 Å². The van der Waals surface area contributed by atoms with E-state index in [1.54, 1.807) is 11.8 Å². The summed E-state index contributed by atoms with van der Waals surface area (Å²) in [5.74, 6) is 1.52. The Bertz CT molecular complexity index is 1170. The molecule has 0 unspecified atom stereocenters. The second kappa shape index (κ2) is 13.9. The zero-order valence-corrected chi connectivity index (χ0v) is 23.5. The van der Waals surface area contributed by atoms with Crippen molar-refractivity contribution >= 4 is 52.4 Å². The summed E-state index contributed by atoms with van der Waals surface area (Å²) in [4.78, 5) is 26.1.